The van der Waals surface area contributed by atoms with E-state index in [0.29, 0.717) is 30.6 Å². The first kappa shape index (κ1) is 18.9. The van der Waals surface area contributed by atoms with Gasteiger partial charge in [0.1, 0.15) is 5.76 Å². The molecule has 0 aromatic carbocycles. The summed E-state index contributed by atoms with van der Waals surface area (Å²) in [7, 11) is 0. The van der Waals surface area contributed by atoms with Gasteiger partial charge in [0.05, 0.1) is 6.04 Å². The fraction of sp³-hybridized carbons (Fsp3) is 0.737. The first-order valence-corrected chi connectivity index (χ1v) is 9.68. The Hall–Kier alpha value is -1.89. The van der Waals surface area contributed by atoms with Crippen LogP contribution >= 0.6 is 0 Å². The standard InChI is InChI=1S/C19H30N4O3/c1-11(2)17(20)19(25)23-8-6-13(7-9-23)12(3)21-18(24)15-10-16(26-22-15)14-4-5-14/h10-14,17H,4-9,20H2,1-3H3,(H,21,24)/t12?,17-/m1/s1. The van der Waals surface area contributed by atoms with Gasteiger partial charge in [0, 0.05) is 31.1 Å². The molecule has 144 valence electrons. The first-order chi connectivity index (χ1) is 12.4. The molecule has 2 amide bonds. The zero-order valence-electron chi connectivity index (χ0n) is 15.9. The highest BCUT2D eigenvalue weighted by Gasteiger charge is 2.32. The van der Waals surface area contributed by atoms with Gasteiger partial charge in [0.2, 0.25) is 5.91 Å². The Morgan fingerprint density at radius 1 is 1.23 bits per heavy atom. The van der Waals surface area contributed by atoms with Crippen LogP contribution in [0.2, 0.25) is 0 Å². The molecule has 3 rings (SSSR count). The average Bonchev–Trinajstić information content (AvgIpc) is 3.37. The van der Waals surface area contributed by atoms with Crippen LogP contribution in [0.1, 0.15) is 68.6 Å². The quantitative estimate of drug-likeness (QED) is 0.805. The third-order valence-corrected chi connectivity index (χ3v) is 5.66. The summed E-state index contributed by atoms with van der Waals surface area (Å²) in [5.74, 6) is 1.59. The van der Waals surface area contributed by atoms with E-state index in [-0.39, 0.29) is 23.8 Å². The Bertz CT molecular complexity index is 645. The molecule has 2 heterocycles. The topological polar surface area (TPSA) is 101 Å². The highest BCUT2D eigenvalue weighted by atomic mass is 16.5. The summed E-state index contributed by atoms with van der Waals surface area (Å²) in [5, 5.41) is 6.93. The van der Waals surface area contributed by atoms with E-state index in [1.807, 2.05) is 25.7 Å². The molecule has 3 N–H and O–H groups in total. The third-order valence-electron chi connectivity index (χ3n) is 5.66. The van der Waals surface area contributed by atoms with Crippen LogP contribution in [0.5, 0.6) is 0 Å². The monoisotopic (exact) mass is 362 g/mol. The van der Waals surface area contributed by atoms with E-state index in [2.05, 4.69) is 10.5 Å². The average molecular weight is 362 g/mol. The molecule has 1 aromatic rings. The van der Waals surface area contributed by atoms with Gasteiger partial charge in [-0.15, -0.1) is 0 Å². The summed E-state index contributed by atoms with van der Waals surface area (Å²) in [6.07, 6.45) is 3.96. The highest BCUT2D eigenvalue weighted by molar-refractivity contribution is 5.92. The Labute approximate surface area is 154 Å². The van der Waals surface area contributed by atoms with Crippen molar-refractivity contribution in [2.45, 2.75) is 64.5 Å². The number of amides is 2. The second-order valence-electron chi connectivity index (χ2n) is 8.08. The van der Waals surface area contributed by atoms with Gasteiger partial charge in [-0.05, 0) is 44.4 Å². The summed E-state index contributed by atoms with van der Waals surface area (Å²) in [4.78, 5) is 26.6. The first-order valence-electron chi connectivity index (χ1n) is 9.68. The summed E-state index contributed by atoms with van der Waals surface area (Å²) in [5.41, 5.74) is 6.33. The lowest BCUT2D eigenvalue weighted by Gasteiger charge is -2.36. The second-order valence-corrected chi connectivity index (χ2v) is 8.08. The molecule has 1 aromatic heterocycles. The van der Waals surface area contributed by atoms with E-state index in [9.17, 15) is 9.59 Å². The summed E-state index contributed by atoms with van der Waals surface area (Å²) in [6.45, 7) is 7.33. The lowest BCUT2D eigenvalue weighted by Crippen LogP contribution is -2.51. The minimum atomic E-state index is -0.434. The number of aromatic nitrogens is 1. The van der Waals surface area contributed by atoms with Crippen LogP contribution in [0.25, 0.3) is 0 Å². The van der Waals surface area contributed by atoms with Gasteiger partial charge in [0.25, 0.3) is 5.91 Å². The number of rotatable bonds is 6. The van der Waals surface area contributed by atoms with E-state index in [1.54, 1.807) is 6.07 Å². The van der Waals surface area contributed by atoms with Crippen LogP contribution in [-0.4, -0.2) is 47.0 Å². The third kappa shape index (κ3) is 4.26. The minimum absolute atomic E-state index is 0.0274. The van der Waals surface area contributed by atoms with Crippen molar-refractivity contribution in [1.82, 2.24) is 15.4 Å². The molecular formula is C19H30N4O3. The molecule has 2 aliphatic rings. The molecule has 0 radical (unpaired) electrons. The summed E-state index contributed by atoms with van der Waals surface area (Å²) < 4.78 is 5.25. The molecule has 1 saturated carbocycles. The fourth-order valence-electron chi connectivity index (χ4n) is 3.47. The molecular weight excluding hydrogens is 332 g/mol. The number of carbonyl (C=O) groups is 2. The zero-order valence-corrected chi connectivity index (χ0v) is 15.9. The predicted molar refractivity (Wildman–Crippen MR) is 97.5 cm³/mol. The molecule has 2 fully saturated rings. The van der Waals surface area contributed by atoms with Crippen LogP contribution in [0.15, 0.2) is 10.6 Å². The van der Waals surface area contributed by atoms with E-state index < -0.39 is 6.04 Å². The molecule has 26 heavy (non-hydrogen) atoms. The van der Waals surface area contributed by atoms with Crippen molar-refractivity contribution in [3.8, 4) is 0 Å². The Balaban J connectivity index is 1.47. The van der Waals surface area contributed by atoms with Gasteiger partial charge in [-0.3, -0.25) is 9.59 Å². The lowest BCUT2D eigenvalue weighted by molar-refractivity contribution is -0.135. The fourth-order valence-corrected chi connectivity index (χ4v) is 3.47. The van der Waals surface area contributed by atoms with Crippen LogP contribution in [0.4, 0.5) is 0 Å². The molecule has 1 unspecified atom stereocenters. The maximum Gasteiger partial charge on any atom is 0.273 e. The van der Waals surface area contributed by atoms with Gasteiger partial charge >= 0.3 is 0 Å². The molecule has 7 nitrogen and oxygen atoms in total. The number of nitrogens with one attached hydrogen (secondary N) is 1. The van der Waals surface area contributed by atoms with E-state index >= 15 is 0 Å². The largest absolute Gasteiger partial charge is 0.360 e. The molecule has 1 aliphatic carbocycles. The SMILES string of the molecule is CC(NC(=O)c1cc(C2CC2)on1)C1CCN(C(=O)[C@H](N)C(C)C)CC1. The van der Waals surface area contributed by atoms with Crippen LogP contribution in [0, 0.1) is 11.8 Å². The van der Waals surface area contributed by atoms with Gasteiger partial charge in [0.15, 0.2) is 5.69 Å². The number of nitrogens with two attached hydrogens (primary N) is 1. The molecule has 7 heteroatoms. The normalized spacial score (nSPS) is 20.9. The predicted octanol–water partition coefficient (Wildman–Crippen LogP) is 1.89. The van der Waals surface area contributed by atoms with Gasteiger partial charge in [-0.1, -0.05) is 19.0 Å². The number of hydrogen-bond acceptors (Lipinski definition) is 5. The molecule has 0 bridgehead atoms. The smallest absolute Gasteiger partial charge is 0.273 e. The number of likely N-dealkylation sites (tertiary alicyclic amines) is 1. The number of piperidine rings is 1. The molecule has 2 atom stereocenters. The van der Waals surface area contributed by atoms with E-state index in [1.165, 1.54) is 0 Å². The van der Waals surface area contributed by atoms with Crippen LogP contribution in [-0.2, 0) is 4.79 Å². The molecule has 0 spiro atoms. The van der Waals surface area contributed by atoms with Gasteiger partial charge in [-0.25, -0.2) is 0 Å². The van der Waals surface area contributed by atoms with E-state index in [0.717, 1.165) is 31.4 Å². The van der Waals surface area contributed by atoms with Crippen molar-refractivity contribution in [2.75, 3.05) is 13.1 Å². The Kier molecular flexibility index (Phi) is 5.65. The number of carbonyl (C=O) groups excluding carboxylic acids is 2. The number of hydrogen-bond donors (Lipinski definition) is 2. The number of nitrogens with zero attached hydrogens (tertiary/aromatic N) is 2. The van der Waals surface area contributed by atoms with Crippen molar-refractivity contribution >= 4 is 11.8 Å². The van der Waals surface area contributed by atoms with Crippen molar-refractivity contribution in [3.63, 3.8) is 0 Å². The Morgan fingerprint density at radius 3 is 2.46 bits per heavy atom. The van der Waals surface area contributed by atoms with Crippen LogP contribution in [0.3, 0.4) is 0 Å². The van der Waals surface area contributed by atoms with Gasteiger partial charge in [-0.2, -0.15) is 0 Å². The lowest BCUT2D eigenvalue weighted by atomic mass is 9.89. The zero-order chi connectivity index (χ0) is 18.8. The van der Waals surface area contributed by atoms with Crippen molar-refractivity contribution in [3.05, 3.63) is 17.5 Å². The van der Waals surface area contributed by atoms with Crippen molar-refractivity contribution in [2.24, 2.45) is 17.6 Å². The van der Waals surface area contributed by atoms with Crippen LogP contribution < -0.4 is 11.1 Å². The van der Waals surface area contributed by atoms with Crippen molar-refractivity contribution in [1.29, 1.82) is 0 Å². The molecule has 1 saturated heterocycles. The second kappa shape index (κ2) is 7.78. The highest BCUT2D eigenvalue weighted by Crippen LogP contribution is 2.40. The van der Waals surface area contributed by atoms with Gasteiger partial charge < -0.3 is 20.5 Å². The van der Waals surface area contributed by atoms with Crippen molar-refractivity contribution < 1.29 is 14.1 Å². The van der Waals surface area contributed by atoms with E-state index in [4.69, 9.17) is 10.3 Å². The Morgan fingerprint density at radius 2 is 1.88 bits per heavy atom. The minimum Gasteiger partial charge on any atom is -0.360 e. The maximum atomic E-state index is 12.4. The summed E-state index contributed by atoms with van der Waals surface area (Å²) >= 11 is 0. The summed E-state index contributed by atoms with van der Waals surface area (Å²) in [6, 6.07) is 1.35. The molecule has 1 aliphatic heterocycles. The maximum absolute atomic E-state index is 12.4.